The zero-order chi connectivity index (χ0) is 16.5. The van der Waals surface area contributed by atoms with Crippen molar-refractivity contribution in [2.24, 2.45) is 11.8 Å². The lowest BCUT2D eigenvalue weighted by atomic mass is 9.95. The lowest BCUT2D eigenvalue weighted by Crippen LogP contribution is -2.47. The van der Waals surface area contributed by atoms with Gasteiger partial charge in [-0.15, -0.1) is 0 Å². The Labute approximate surface area is 143 Å². The number of hydrogen-bond acceptors (Lipinski definition) is 4. The molecule has 2 fully saturated rings. The summed E-state index contributed by atoms with van der Waals surface area (Å²) in [6.45, 7) is 8.06. The molecule has 0 saturated carbocycles. The molecule has 1 aromatic carbocycles. The molecule has 4 rings (SSSR count). The molecule has 5 nitrogen and oxygen atoms in total. The van der Waals surface area contributed by atoms with Gasteiger partial charge in [0.25, 0.3) is 0 Å². The lowest BCUT2D eigenvalue weighted by Gasteiger charge is -2.34. The summed E-state index contributed by atoms with van der Waals surface area (Å²) in [4.78, 5) is 17.5. The van der Waals surface area contributed by atoms with E-state index in [1.54, 1.807) is 0 Å². The quantitative estimate of drug-likeness (QED) is 0.822. The number of amides is 1. The fraction of sp³-hybridized carbons (Fsp3) is 0.632. The second-order valence-electron chi connectivity index (χ2n) is 7.26. The number of carbonyl (C=O) groups excluding carboxylic acids is 1. The molecule has 3 aliphatic heterocycles. The molecule has 3 atom stereocenters. The molecule has 130 valence electrons. The summed E-state index contributed by atoms with van der Waals surface area (Å²) in [6.07, 6.45) is 0.794. The van der Waals surface area contributed by atoms with Gasteiger partial charge in [-0.25, -0.2) is 0 Å². The Morgan fingerprint density at radius 2 is 1.96 bits per heavy atom. The molecule has 2 saturated heterocycles. The first-order chi connectivity index (χ1) is 11.7. The lowest BCUT2D eigenvalue weighted by molar-refractivity contribution is -0.136. The maximum atomic E-state index is 13.0. The predicted molar refractivity (Wildman–Crippen MR) is 91.1 cm³/mol. The highest BCUT2D eigenvalue weighted by molar-refractivity contribution is 5.80. The number of carbonyl (C=O) groups is 1. The van der Waals surface area contributed by atoms with E-state index >= 15 is 0 Å². The van der Waals surface area contributed by atoms with Crippen LogP contribution < -0.4 is 4.74 Å². The molecule has 0 aromatic heterocycles. The third-order valence-corrected chi connectivity index (χ3v) is 5.63. The third-order valence-electron chi connectivity index (χ3n) is 5.63. The highest BCUT2D eigenvalue weighted by Gasteiger charge is 2.39. The van der Waals surface area contributed by atoms with E-state index in [9.17, 15) is 4.79 Å². The predicted octanol–water partition coefficient (Wildman–Crippen LogP) is 1.42. The van der Waals surface area contributed by atoms with Crippen LogP contribution in [0, 0.1) is 11.8 Å². The van der Waals surface area contributed by atoms with Crippen molar-refractivity contribution in [3.05, 3.63) is 29.8 Å². The summed E-state index contributed by atoms with van der Waals surface area (Å²) in [5.41, 5.74) is 1.15. The van der Waals surface area contributed by atoms with Crippen molar-refractivity contribution in [3.63, 3.8) is 0 Å². The first kappa shape index (κ1) is 15.9. The summed E-state index contributed by atoms with van der Waals surface area (Å²) < 4.78 is 11.3. The fourth-order valence-electron chi connectivity index (χ4n) is 4.26. The molecule has 1 aromatic rings. The SMILES string of the molecule is C[C@@H]1CN(C(=O)[C@H]2COc3ccccc3C2)C[C@@H]1N1CCOCC1. The Balaban J connectivity index is 1.40. The second-order valence-corrected chi connectivity index (χ2v) is 7.26. The van der Waals surface area contributed by atoms with Crippen LogP contribution in [0.4, 0.5) is 0 Å². The van der Waals surface area contributed by atoms with Gasteiger partial charge < -0.3 is 14.4 Å². The van der Waals surface area contributed by atoms with Crippen LogP contribution in [-0.4, -0.2) is 67.7 Å². The largest absolute Gasteiger partial charge is 0.492 e. The Kier molecular flexibility index (Phi) is 4.46. The van der Waals surface area contributed by atoms with Gasteiger partial charge in [-0.3, -0.25) is 9.69 Å². The van der Waals surface area contributed by atoms with Gasteiger partial charge in [-0.2, -0.15) is 0 Å². The summed E-state index contributed by atoms with van der Waals surface area (Å²) in [5.74, 6) is 1.66. The van der Waals surface area contributed by atoms with Crippen LogP contribution >= 0.6 is 0 Å². The van der Waals surface area contributed by atoms with Crippen molar-refractivity contribution in [3.8, 4) is 5.75 Å². The number of para-hydroxylation sites is 1. The standard InChI is InChI=1S/C19H26N2O3/c1-14-11-21(12-17(14)20-6-8-23-9-7-20)19(22)16-10-15-4-2-3-5-18(15)24-13-16/h2-5,14,16-17H,6-13H2,1H3/t14-,16-,17+/m1/s1. The first-order valence-electron chi connectivity index (χ1n) is 9.03. The minimum atomic E-state index is -0.0458. The number of morpholine rings is 1. The van der Waals surface area contributed by atoms with E-state index in [1.807, 2.05) is 18.2 Å². The van der Waals surface area contributed by atoms with E-state index in [0.717, 1.165) is 57.1 Å². The van der Waals surface area contributed by atoms with Crippen molar-refractivity contribution >= 4 is 5.91 Å². The molecule has 5 heteroatoms. The maximum Gasteiger partial charge on any atom is 0.229 e. The van der Waals surface area contributed by atoms with Crippen LogP contribution in [0.2, 0.25) is 0 Å². The number of ether oxygens (including phenoxy) is 2. The van der Waals surface area contributed by atoms with E-state index < -0.39 is 0 Å². The van der Waals surface area contributed by atoms with Gasteiger partial charge in [0.2, 0.25) is 5.91 Å². The van der Waals surface area contributed by atoms with Crippen molar-refractivity contribution in [2.45, 2.75) is 19.4 Å². The molecule has 0 aliphatic carbocycles. The van der Waals surface area contributed by atoms with Gasteiger partial charge in [0.05, 0.1) is 19.1 Å². The third kappa shape index (κ3) is 3.03. The average Bonchev–Trinajstić information content (AvgIpc) is 3.03. The molecular formula is C19H26N2O3. The Bertz CT molecular complexity index is 600. The minimum absolute atomic E-state index is 0.0458. The van der Waals surface area contributed by atoms with E-state index in [1.165, 1.54) is 0 Å². The van der Waals surface area contributed by atoms with Gasteiger partial charge in [0.1, 0.15) is 12.4 Å². The first-order valence-corrected chi connectivity index (χ1v) is 9.03. The summed E-state index contributed by atoms with van der Waals surface area (Å²) >= 11 is 0. The van der Waals surface area contributed by atoms with Gasteiger partial charge >= 0.3 is 0 Å². The molecule has 0 N–H and O–H groups in total. The van der Waals surface area contributed by atoms with Gasteiger partial charge in [0.15, 0.2) is 0 Å². The van der Waals surface area contributed by atoms with Crippen molar-refractivity contribution < 1.29 is 14.3 Å². The molecular weight excluding hydrogens is 304 g/mol. The molecule has 0 radical (unpaired) electrons. The van der Waals surface area contributed by atoms with Crippen molar-refractivity contribution in [1.29, 1.82) is 0 Å². The molecule has 24 heavy (non-hydrogen) atoms. The number of fused-ring (bicyclic) bond motifs is 1. The molecule has 0 bridgehead atoms. The monoisotopic (exact) mass is 330 g/mol. The molecule has 0 unspecified atom stereocenters. The normalized spacial score (nSPS) is 30.7. The van der Waals surface area contributed by atoms with Crippen LogP contribution in [0.15, 0.2) is 24.3 Å². The van der Waals surface area contributed by atoms with E-state index in [4.69, 9.17) is 9.47 Å². The average molecular weight is 330 g/mol. The topological polar surface area (TPSA) is 42.0 Å². The van der Waals surface area contributed by atoms with Crippen LogP contribution in [0.1, 0.15) is 12.5 Å². The Morgan fingerprint density at radius 3 is 2.79 bits per heavy atom. The van der Waals surface area contributed by atoms with Crippen LogP contribution in [-0.2, 0) is 16.0 Å². The second kappa shape index (κ2) is 6.73. The highest BCUT2D eigenvalue weighted by Crippen LogP contribution is 2.30. The van der Waals surface area contributed by atoms with E-state index in [2.05, 4.69) is 22.8 Å². The fourth-order valence-corrected chi connectivity index (χ4v) is 4.26. The number of nitrogens with zero attached hydrogens (tertiary/aromatic N) is 2. The van der Waals surface area contributed by atoms with Crippen molar-refractivity contribution in [1.82, 2.24) is 9.80 Å². The van der Waals surface area contributed by atoms with Crippen LogP contribution in [0.5, 0.6) is 5.75 Å². The Morgan fingerprint density at radius 1 is 1.17 bits per heavy atom. The minimum Gasteiger partial charge on any atom is -0.492 e. The molecule has 3 heterocycles. The number of rotatable bonds is 2. The zero-order valence-corrected chi connectivity index (χ0v) is 14.3. The highest BCUT2D eigenvalue weighted by atomic mass is 16.5. The summed E-state index contributed by atoms with van der Waals surface area (Å²) in [6, 6.07) is 8.52. The summed E-state index contributed by atoms with van der Waals surface area (Å²) in [7, 11) is 0. The van der Waals surface area contributed by atoms with Gasteiger partial charge in [0, 0.05) is 32.2 Å². The van der Waals surface area contributed by atoms with Crippen LogP contribution in [0.25, 0.3) is 0 Å². The van der Waals surface area contributed by atoms with Gasteiger partial charge in [-0.1, -0.05) is 25.1 Å². The van der Waals surface area contributed by atoms with Crippen molar-refractivity contribution in [2.75, 3.05) is 46.0 Å². The van der Waals surface area contributed by atoms with E-state index in [0.29, 0.717) is 18.6 Å². The number of hydrogen-bond donors (Lipinski definition) is 0. The zero-order valence-electron chi connectivity index (χ0n) is 14.3. The molecule has 1 amide bonds. The summed E-state index contributed by atoms with van der Waals surface area (Å²) in [5, 5.41) is 0. The smallest absolute Gasteiger partial charge is 0.229 e. The van der Waals surface area contributed by atoms with Gasteiger partial charge in [-0.05, 0) is 24.0 Å². The molecule has 0 spiro atoms. The number of likely N-dealkylation sites (tertiary alicyclic amines) is 1. The number of benzene rings is 1. The molecule has 3 aliphatic rings. The maximum absolute atomic E-state index is 13.0. The Hall–Kier alpha value is -1.59. The van der Waals surface area contributed by atoms with Crippen LogP contribution in [0.3, 0.4) is 0 Å². The van der Waals surface area contributed by atoms with E-state index in [-0.39, 0.29) is 11.8 Å².